The second-order valence-corrected chi connectivity index (χ2v) is 5.21. The molecule has 5 nitrogen and oxygen atoms in total. The van der Waals surface area contributed by atoms with E-state index in [1.54, 1.807) is 6.07 Å². The number of methoxy groups -OCH3 is 1. The molecule has 1 aromatic carbocycles. The van der Waals surface area contributed by atoms with E-state index in [1.165, 1.54) is 31.0 Å². The zero-order chi connectivity index (χ0) is 14.4. The van der Waals surface area contributed by atoms with Crippen molar-refractivity contribution in [3.63, 3.8) is 0 Å². The molecule has 1 atom stereocenters. The number of hydrogen-bond donors (Lipinski definition) is 1. The van der Waals surface area contributed by atoms with Crippen LogP contribution in [0.2, 0.25) is 0 Å². The molecule has 1 N–H and O–H groups in total. The summed E-state index contributed by atoms with van der Waals surface area (Å²) >= 11 is 1.42. The highest BCUT2D eigenvalue weighted by atomic mass is 32.2. The molecule has 2 rings (SSSR count). The number of rotatable bonds is 7. The molecule has 0 fully saturated rings. The van der Waals surface area contributed by atoms with Crippen LogP contribution >= 0.6 is 11.8 Å². The number of nitrogens with zero attached hydrogens (tertiary/aromatic N) is 2. The first-order valence-electron chi connectivity index (χ1n) is 6.04. The van der Waals surface area contributed by atoms with Crippen molar-refractivity contribution in [2.75, 3.05) is 13.7 Å². The second-order valence-electron chi connectivity index (χ2n) is 4.16. The predicted octanol–water partition coefficient (Wildman–Crippen LogP) is 2.05. The van der Waals surface area contributed by atoms with Gasteiger partial charge in [0.25, 0.3) is 0 Å². The lowest BCUT2D eigenvalue weighted by atomic mass is 10.3. The molecule has 1 unspecified atom stereocenters. The summed E-state index contributed by atoms with van der Waals surface area (Å²) in [5.74, 6) is 1.09. The molecule has 2 aromatic rings. The summed E-state index contributed by atoms with van der Waals surface area (Å²) in [6.07, 6.45) is -0.407. The molecule has 0 spiro atoms. The zero-order valence-corrected chi connectivity index (χ0v) is 11.8. The van der Waals surface area contributed by atoms with Gasteiger partial charge in [0.05, 0.1) is 24.9 Å². The van der Waals surface area contributed by atoms with Crippen LogP contribution in [-0.4, -0.2) is 35.1 Å². The molecule has 1 aromatic heterocycles. The van der Waals surface area contributed by atoms with Gasteiger partial charge in [-0.2, -0.15) is 4.98 Å². The van der Waals surface area contributed by atoms with E-state index < -0.39 is 6.10 Å². The SMILES string of the molecule is COCC(O)Cc1nc(CSc2cccc(F)c2)no1. The first-order valence-corrected chi connectivity index (χ1v) is 7.02. The van der Waals surface area contributed by atoms with Gasteiger partial charge in [-0.05, 0) is 18.2 Å². The van der Waals surface area contributed by atoms with Crippen LogP contribution < -0.4 is 0 Å². The van der Waals surface area contributed by atoms with Gasteiger partial charge in [0.2, 0.25) is 5.89 Å². The Bertz CT molecular complexity index is 550. The van der Waals surface area contributed by atoms with Gasteiger partial charge < -0.3 is 14.4 Å². The Labute approximate surface area is 120 Å². The van der Waals surface area contributed by atoms with Gasteiger partial charge in [-0.3, -0.25) is 0 Å². The zero-order valence-electron chi connectivity index (χ0n) is 11.0. The Morgan fingerprint density at radius 3 is 3.10 bits per heavy atom. The van der Waals surface area contributed by atoms with E-state index in [9.17, 15) is 9.50 Å². The number of hydrogen-bond acceptors (Lipinski definition) is 6. The van der Waals surface area contributed by atoms with E-state index in [1.807, 2.05) is 6.07 Å². The number of aliphatic hydroxyl groups is 1. The van der Waals surface area contributed by atoms with Crippen LogP contribution in [0.5, 0.6) is 0 Å². The first kappa shape index (κ1) is 15.0. The topological polar surface area (TPSA) is 68.4 Å². The van der Waals surface area contributed by atoms with Gasteiger partial charge in [-0.25, -0.2) is 4.39 Å². The molecule has 20 heavy (non-hydrogen) atoms. The summed E-state index contributed by atoms with van der Waals surface area (Å²) in [6, 6.07) is 6.32. The highest BCUT2D eigenvalue weighted by Gasteiger charge is 2.12. The summed E-state index contributed by atoms with van der Waals surface area (Å²) < 4.78 is 22.9. The number of aliphatic hydroxyl groups excluding tert-OH is 1. The summed E-state index contributed by atoms with van der Waals surface area (Å²) in [6.45, 7) is 0.218. The van der Waals surface area contributed by atoms with Gasteiger partial charge in [0.1, 0.15) is 5.82 Å². The molecule has 0 amide bonds. The molecule has 0 aliphatic rings. The third kappa shape index (κ3) is 4.59. The molecule has 0 saturated heterocycles. The maximum absolute atomic E-state index is 13.0. The lowest BCUT2D eigenvalue weighted by Gasteiger charge is -2.04. The third-order valence-corrected chi connectivity index (χ3v) is 3.43. The van der Waals surface area contributed by atoms with Crippen LogP contribution in [0, 0.1) is 5.82 Å². The van der Waals surface area contributed by atoms with E-state index in [2.05, 4.69) is 10.1 Å². The molecule has 0 aliphatic heterocycles. The summed E-state index contributed by atoms with van der Waals surface area (Å²) in [7, 11) is 1.51. The average Bonchev–Trinajstić information content (AvgIpc) is 2.84. The molecule has 0 aliphatic carbocycles. The molecular weight excluding hydrogens is 283 g/mol. The molecular formula is C13H15FN2O3S. The standard InChI is InChI=1S/C13H15FN2O3S/c1-18-7-10(17)6-13-15-12(16-19-13)8-20-11-4-2-3-9(14)5-11/h2-5,10,17H,6-8H2,1H3. The molecule has 108 valence electrons. The Kier molecular flexibility index (Phi) is 5.51. The molecule has 7 heteroatoms. The van der Waals surface area contributed by atoms with Crippen LogP contribution in [0.4, 0.5) is 4.39 Å². The van der Waals surface area contributed by atoms with E-state index >= 15 is 0 Å². The van der Waals surface area contributed by atoms with Gasteiger partial charge in [0, 0.05) is 12.0 Å². The Hall–Kier alpha value is -1.44. The predicted molar refractivity (Wildman–Crippen MR) is 71.8 cm³/mol. The largest absolute Gasteiger partial charge is 0.390 e. The minimum absolute atomic E-state index is 0.218. The Morgan fingerprint density at radius 1 is 1.50 bits per heavy atom. The van der Waals surface area contributed by atoms with E-state index in [0.29, 0.717) is 17.5 Å². The Balaban J connectivity index is 1.86. The highest BCUT2D eigenvalue weighted by molar-refractivity contribution is 7.98. The maximum atomic E-state index is 13.0. The normalized spacial score (nSPS) is 12.6. The summed E-state index contributed by atoms with van der Waals surface area (Å²) in [5, 5.41) is 13.4. The van der Waals surface area contributed by atoms with Crippen molar-refractivity contribution in [2.45, 2.75) is 23.2 Å². The molecule has 1 heterocycles. The van der Waals surface area contributed by atoms with E-state index in [4.69, 9.17) is 9.26 Å². The van der Waals surface area contributed by atoms with Crippen molar-refractivity contribution in [2.24, 2.45) is 0 Å². The van der Waals surface area contributed by atoms with Crippen LogP contribution in [0.15, 0.2) is 33.7 Å². The minimum atomic E-state index is -0.663. The smallest absolute Gasteiger partial charge is 0.229 e. The number of thioether (sulfide) groups is 1. The highest BCUT2D eigenvalue weighted by Crippen LogP contribution is 2.22. The fourth-order valence-corrected chi connectivity index (χ4v) is 2.37. The van der Waals surface area contributed by atoms with Crippen molar-refractivity contribution >= 4 is 11.8 Å². The lowest BCUT2D eigenvalue weighted by molar-refractivity contribution is 0.0599. The van der Waals surface area contributed by atoms with Gasteiger partial charge in [-0.15, -0.1) is 11.8 Å². The van der Waals surface area contributed by atoms with Gasteiger partial charge in [-0.1, -0.05) is 11.2 Å². The summed E-state index contributed by atoms with van der Waals surface area (Å²) in [5.41, 5.74) is 0. The van der Waals surface area contributed by atoms with Crippen molar-refractivity contribution in [1.29, 1.82) is 0 Å². The third-order valence-electron chi connectivity index (χ3n) is 2.44. The maximum Gasteiger partial charge on any atom is 0.229 e. The monoisotopic (exact) mass is 298 g/mol. The van der Waals surface area contributed by atoms with Crippen LogP contribution in [0.25, 0.3) is 0 Å². The average molecular weight is 298 g/mol. The van der Waals surface area contributed by atoms with Crippen molar-refractivity contribution in [3.8, 4) is 0 Å². The molecule has 0 radical (unpaired) electrons. The van der Waals surface area contributed by atoms with Gasteiger partial charge in [0.15, 0.2) is 5.82 Å². The second kappa shape index (κ2) is 7.37. The Morgan fingerprint density at radius 2 is 2.35 bits per heavy atom. The van der Waals surface area contributed by atoms with E-state index in [-0.39, 0.29) is 18.8 Å². The quantitative estimate of drug-likeness (QED) is 0.789. The lowest BCUT2D eigenvalue weighted by Crippen LogP contribution is -2.17. The number of aromatic nitrogens is 2. The number of benzene rings is 1. The van der Waals surface area contributed by atoms with Crippen LogP contribution in [-0.2, 0) is 16.9 Å². The minimum Gasteiger partial charge on any atom is -0.390 e. The fourth-order valence-electron chi connectivity index (χ4n) is 1.59. The van der Waals surface area contributed by atoms with Crippen molar-refractivity contribution in [1.82, 2.24) is 10.1 Å². The summed E-state index contributed by atoms with van der Waals surface area (Å²) in [4.78, 5) is 4.96. The van der Waals surface area contributed by atoms with E-state index in [0.717, 1.165) is 4.90 Å². The van der Waals surface area contributed by atoms with Crippen LogP contribution in [0.3, 0.4) is 0 Å². The van der Waals surface area contributed by atoms with Crippen LogP contribution in [0.1, 0.15) is 11.7 Å². The van der Waals surface area contributed by atoms with Crippen molar-refractivity contribution < 1.29 is 18.8 Å². The molecule has 0 saturated carbocycles. The fraction of sp³-hybridized carbons (Fsp3) is 0.385. The number of halogens is 1. The first-order chi connectivity index (χ1) is 9.67. The number of ether oxygens (including phenoxy) is 1. The van der Waals surface area contributed by atoms with Crippen molar-refractivity contribution in [3.05, 3.63) is 41.8 Å². The van der Waals surface area contributed by atoms with Gasteiger partial charge >= 0.3 is 0 Å². The molecule has 0 bridgehead atoms.